The summed E-state index contributed by atoms with van der Waals surface area (Å²) >= 11 is 0. The molecule has 0 bridgehead atoms. The fourth-order valence-electron chi connectivity index (χ4n) is 3.69. The van der Waals surface area contributed by atoms with E-state index in [1.54, 1.807) is 0 Å². The Morgan fingerprint density at radius 3 is 1.73 bits per heavy atom. The highest BCUT2D eigenvalue weighted by atomic mass is 32.1. The lowest BCUT2D eigenvalue weighted by molar-refractivity contribution is 0.155. The van der Waals surface area contributed by atoms with Crippen molar-refractivity contribution in [2.24, 2.45) is 0 Å². The molecule has 1 aliphatic carbocycles. The highest BCUT2D eigenvalue weighted by Crippen LogP contribution is 2.33. The Kier molecular flexibility index (Phi) is 6.40. The second-order valence-corrected chi connectivity index (χ2v) is 6.81. The largest absolute Gasteiger partial charge is 0.490 e. The normalized spacial score (nSPS) is 14.5. The van der Waals surface area contributed by atoms with Crippen LogP contribution >= 0.6 is 13.5 Å². The maximum atomic E-state index is 6.16. The predicted molar refractivity (Wildman–Crippen MR) is 115 cm³/mol. The molecular formula is C24H26OS. The van der Waals surface area contributed by atoms with Crippen molar-refractivity contribution in [3.63, 3.8) is 0 Å². The van der Waals surface area contributed by atoms with Gasteiger partial charge in [-0.25, -0.2) is 0 Å². The zero-order chi connectivity index (χ0) is 16.9. The predicted octanol–water partition coefficient (Wildman–Crippen LogP) is 6.84. The monoisotopic (exact) mass is 362 g/mol. The summed E-state index contributed by atoms with van der Waals surface area (Å²) in [5.41, 5.74) is 5.01. The maximum Gasteiger partial charge on any atom is 0.119 e. The molecule has 0 atom stereocenters. The highest BCUT2D eigenvalue weighted by molar-refractivity contribution is 7.59. The summed E-state index contributed by atoms with van der Waals surface area (Å²) in [6, 6.07) is 27.8. The Labute approximate surface area is 163 Å². The van der Waals surface area contributed by atoms with Gasteiger partial charge in [0.05, 0.1) is 6.10 Å². The molecule has 26 heavy (non-hydrogen) atoms. The van der Waals surface area contributed by atoms with E-state index >= 15 is 0 Å². The summed E-state index contributed by atoms with van der Waals surface area (Å²) in [5, 5.41) is 0. The second-order valence-electron chi connectivity index (χ2n) is 6.81. The lowest BCUT2D eigenvalue weighted by Gasteiger charge is -2.23. The molecule has 3 aromatic rings. The first kappa shape index (κ1) is 18.6. The summed E-state index contributed by atoms with van der Waals surface area (Å²) < 4.78 is 6.16. The van der Waals surface area contributed by atoms with Crippen molar-refractivity contribution >= 4 is 13.5 Å². The zero-order valence-electron chi connectivity index (χ0n) is 15.0. The van der Waals surface area contributed by atoms with Gasteiger partial charge in [0.1, 0.15) is 5.75 Å². The van der Waals surface area contributed by atoms with Crippen LogP contribution in [0.15, 0.2) is 78.9 Å². The number of hydrogen-bond donors (Lipinski definition) is 0. The van der Waals surface area contributed by atoms with Gasteiger partial charge in [0, 0.05) is 0 Å². The summed E-state index contributed by atoms with van der Waals surface area (Å²) in [6.07, 6.45) is 6.74. The third-order valence-corrected chi connectivity index (χ3v) is 5.03. The van der Waals surface area contributed by atoms with Crippen LogP contribution < -0.4 is 4.74 Å². The van der Waals surface area contributed by atoms with Gasteiger partial charge in [0.25, 0.3) is 0 Å². The SMILES string of the molecule is S.c1ccc(-c2ccccc2-c2ccc(OC3CCCCC3)cc2)cc1. The Morgan fingerprint density at radius 1 is 0.577 bits per heavy atom. The highest BCUT2D eigenvalue weighted by Gasteiger charge is 2.15. The molecule has 4 rings (SSSR count). The standard InChI is InChI=1S/C24H24O.H2S/c1-3-9-19(10-4-1)23-13-7-8-14-24(23)20-15-17-22(18-16-20)25-21-11-5-2-6-12-21;/h1,3-4,7-10,13-18,21H,2,5-6,11-12H2;1H2. The summed E-state index contributed by atoms with van der Waals surface area (Å²) in [4.78, 5) is 0. The van der Waals surface area contributed by atoms with Gasteiger partial charge in [-0.15, -0.1) is 0 Å². The first-order valence-corrected chi connectivity index (χ1v) is 9.32. The molecule has 1 saturated carbocycles. The molecule has 0 amide bonds. The van der Waals surface area contributed by atoms with Crippen LogP contribution in [0.3, 0.4) is 0 Å². The maximum absolute atomic E-state index is 6.16. The van der Waals surface area contributed by atoms with Gasteiger partial charge < -0.3 is 4.74 Å². The van der Waals surface area contributed by atoms with Gasteiger partial charge in [0.2, 0.25) is 0 Å². The van der Waals surface area contributed by atoms with E-state index in [2.05, 4.69) is 78.9 Å². The summed E-state index contributed by atoms with van der Waals surface area (Å²) in [5.74, 6) is 0.993. The molecule has 134 valence electrons. The smallest absolute Gasteiger partial charge is 0.119 e. The Morgan fingerprint density at radius 2 is 1.12 bits per heavy atom. The van der Waals surface area contributed by atoms with Gasteiger partial charge in [-0.2, -0.15) is 13.5 Å². The molecule has 0 aromatic heterocycles. The van der Waals surface area contributed by atoms with Gasteiger partial charge in [-0.3, -0.25) is 0 Å². The van der Waals surface area contributed by atoms with E-state index in [1.165, 1.54) is 54.4 Å². The van der Waals surface area contributed by atoms with Crippen LogP contribution in [0, 0.1) is 0 Å². The zero-order valence-corrected chi connectivity index (χ0v) is 16.0. The van der Waals surface area contributed by atoms with Crippen LogP contribution in [-0.2, 0) is 0 Å². The molecule has 2 heteroatoms. The van der Waals surface area contributed by atoms with Crippen molar-refractivity contribution in [2.45, 2.75) is 38.2 Å². The van der Waals surface area contributed by atoms with E-state index in [1.807, 2.05) is 0 Å². The lowest BCUT2D eigenvalue weighted by Crippen LogP contribution is -2.19. The van der Waals surface area contributed by atoms with E-state index in [0.717, 1.165) is 5.75 Å². The molecule has 1 fully saturated rings. The average molecular weight is 363 g/mol. The fourth-order valence-corrected chi connectivity index (χ4v) is 3.69. The molecule has 1 nitrogen and oxygen atoms in total. The van der Waals surface area contributed by atoms with Crippen molar-refractivity contribution in [3.8, 4) is 28.0 Å². The van der Waals surface area contributed by atoms with Gasteiger partial charge >= 0.3 is 0 Å². The van der Waals surface area contributed by atoms with E-state index < -0.39 is 0 Å². The number of rotatable bonds is 4. The van der Waals surface area contributed by atoms with Crippen LogP contribution in [0.1, 0.15) is 32.1 Å². The van der Waals surface area contributed by atoms with Crippen molar-refractivity contribution in [3.05, 3.63) is 78.9 Å². The van der Waals surface area contributed by atoms with E-state index in [0.29, 0.717) is 6.10 Å². The lowest BCUT2D eigenvalue weighted by atomic mass is 9.94. The Hall–Kier alpha value is -2.19. The Balaban J connectivity index is 0.00000196. The molecule has 0 N–H and O–H groups in total. The minimum Gasteiger partial charge on any atom is -0.490 e. The quantitative estimate of drug-likeness (QED) is 0.493. The molecular weight excluding hydrogens is 336 g/mol. The molecule has 0 unspecified atom stereocenters. The molecule has 0 radical (unpaired) electrons. The molecule has 0 saturated heterocycles. The molecule has 0 heterocycles. The first-order valence-electron chi connectivity index (χ1n) is 9.32. The van der Waals surface area contributed by atoms with Crippen molar-refractivity contribution < 1.29 is 4.74 Å². The minimum atomic E-state index is 0. The van der Waals surface area contributed by atoms with E-state index in [4.69, 9.17) is 4.74 Å². The van der Waals surface area contributed by atoms with Crippen LogP contribution in [-0.4, -0.2) is 6.10 Å². The number of benzene rings is 3. The van der Waals surface area contributed by atoms with Crippen LogP contribution in [0.25, 0.3) is 22.3 Å². The summed E-state index contributed by atoms with van der Waals surface area (Å²) in [6.45, 7) is 0. The molecule has 3 aromatic carbocycles. The van der Waals surface area contributed by atoms with E-state index in [9.17, 15) is 0 Å². The van der Waals surface area contributed by atoms with Gasteiger partial charge in [-0.1, -0.05) is 73.2 Å². The van der Waals surface area contributed by atoms with Crippen LogP contribution in [0.2, 0.25) is 0 Å². The fraction of sp³-hybridized carbons (Fsp3) is 0.250. The number of ether oxygens (including phenoxy) is 1. The molecule has 0 spiro atoms. The third kappa shape index (κ3) is 4.31. The van der Waals surface area contributed by atoms with Crippen molar-refractivity contribution in [2.75, 3.05) is 0 Å². The minimum absolute atomic E-state index is 0. The first-order chi connectivity index (χ1) is 12.4. The average Bonchev–Trinajstić information content (AvgIpc) is 2.70. The topological polar surface area (TPSA) is 9.23 Å². The van der Waals surface area contributed by atoms with Crippen molar-refractivity contribution in [1.82, 2.24) is 0 Å². The molecule has 1 aliphatic rings. The van der Waals surface area contributed by atoms with Crippen molar-refractivity contribution in [1.29, 1.82) is 0 Å². The molecule has 0 aliphatic heterocycles. The third-order valence-electron chi connectivity index (χ3n) is 5.03. The van der Waals surface area contributed by atoms with Gasteiger partial charge in [-0.05, 0) is 60.1 Å². The van der Waals surface area contributed by atoms with Crippen LogP contribution in [0.4, 0.5) is 0 Å². The second kappa shape index (κ2) is 8.95. The van der Waals surface area contributed by atoms with Gasteiger partial charge in [0.15, 0.2) is 0 Å². The Bertz CT molecular complexity index is 805. The summed E-state index contributed by atoms with van der Waals surface area (Å²) in [7, 11) is 0. The van der Waals surface area contributed by atoms with E-state index in [-0.39, 0.29) is 13.5 Å². The van der Waals surface area contributed by atoms with Crippen LogP contribution in [0.5, 0.6) is 5.75 Å². The number of hydrogen-bond acceptors (Lipinski definition) is 1.